The maximum absolute atomic E-state index is 12.3. The van der Waals surface area contributed by atoms with E-state index in [1.807, 2.05) is 49.4 Å². The Morgan fingerprint density at radius 3 is 2.13 bits per heavy atom. The van der Waals surface area contributed by atoms with Gasteiger partial charge in [0.05, 0.1) is 0 Å². The lowest BCUT2D eigenvalue weighted by Gasteiger charge is -2.15. The molecule has 0 heterocycles. The maximum Gasteiger partial charge on any atom is 0.174 e. The monoisotopic (exact) mass is 416 g/mol. The molecule has 162 valence electrons. The summed E-state index contributed by atoms with van der Waals surface area (Å²) in [5, 5.41) is 10.1. The number of phenolic OH excluding ortho intramolecular Hbond substituents is 1. The van der Waals surface area contributed by atoms with Crippen LogP contribution in [0.15, 0.2) is 54.6 Å². The molecule has 0 amide bonds. The van der Waals surface area contributed by atoms with Crippen LogP contribution in [-0.2, 0) is 17.6 Å². The molecule has 3 aromatic carbocycles. The number of hydrogen-bond donors (Lipinski definition) is 1. The SMILES string of the molecule is Cc1ccc(CC(=O)COc2cc(C)c(Cc3ccc(O)c(C(C)C)c3)c(C)c2)cc1. The Morgan fingerprint density at radius 2 is 1.52 bits per heavy atom. The standard InChI is InChI=1S/C28H32O3/c1-18(2)26-15-23(10-11-28(26)30)16-27-20(4)12-25(13-21(27)5)31-17-24(29)14-22-8-6-19(3)7-9-22/h6-13,15,18,30H,14,16-17H2,1-5H3. The molecule has 3 aromatic rings. The lowest BCUT2D eigenvalue weighted by molar-refractivity contribution is -0.120. The fourth-order valence-corrected chi connectivity index (χ4v) is 3.84. The first-order valence-corrected chi connectivity index (χ1v) is 10.8. The first-order chi connectivity index (χ1) is 14.7. The number of Topliss-reactive ketones (excluding diaryl/α,β-unsaturated/α-hetero) is 1. The second-order valence-electron chi connectivity index (χ2n) is 8.75. The van der Waals surface area contributed by atoms with Gasteiger partial charge in [-0.25, -0.2) is 0 Å². The van der Waals surface area contributed by atoms with Crippen LogP contribution < -0.4 is 4.74 Å². The number of phenols is 1. The van der Waals surface area contributed by atoms with Gasteiger partial charge in [0, 0.05) is 6.42 Å². The molecular weight excluding hydrogens is 384 g/mol. The lowest BCUT2D eigenvalue weighted by Crippen LogP contribution is -2.14. The molecule has 1 N–H and O–H groups in total. The van der Waals surface area contributed by atoms with Crippen molar-refractivity contribution in [1.82, 2.24) is 0 Å². The third-order valence-electron chi connectivity index (χ3n) is 5.69. The number of rotatable bonds is 8. The average molecular weight is 417 g/mol. The third-order valence-corrected chi connectivity index (χ3v) is 5.69. The molecule has 0 saturated carbocycles. The van der Waals surface area contributed by atoms with E-state index in [-0.39, 0.29) is 18.3 Å². The fraction of sp³-hybridized carbons (Fsp3) is 0.321. The zero-order valence-corrected chi connectivity index (χ0v) is 19.2. The highest BCUT2D eigenvalue weighted by Crippen LogP contribution is 2.29. The summed E-state index contributed by atoms with van der Waals surface area (Å²) in [6, 6.07) is 17.9. The normalized spacial score (nSPS) is 11.0. The molecule has 3 heteroatoms. The molecule has 0 saturated heterocycles. The average Bonchev–Trinajstić information content (AvgIpc) is 2.72. The molecule has 0 aliphatic heterocycles. The predicted molar refractivity (Wildman–Crippen MR) is 126 cm³/mol. The van der Waals surface area contributed by atoms with Crippen molar-refractivity contribution >= 4 is 5.78 Å². The van der Waals surface area contributed by atoms with Crippen molar-refractivity contribution in [3.05, 3.63) is 93.5 Å². The number of hydrogen-bond acceptors (Lipinski definition) is 3. The number of benzene rings is 3. The van der Waals surface area contributed by atoms with E-state index in [9.17, 15) is 9.90 Å². The summed E-state index contributed by atoms with van der Waals surface area (Å²) >= 11 is 0. The van der Waals surface area contributed by atoms with Crippen molar-refractivity contribution < 1.29 is 14.6 Å². The summed E-state index contributed by atoms with van der Waals surface area (Å²) in [7, 11) is 0. The Bertz CT molecular complexity index is 1040. The van der Waals surface area contributed by atoms with Crippen LogP contribution in [0.3, 0.4) is 0 Å². The number of ether oxygens (including phenoxy) is 1. The molecule has 0 radical (unpaired) electrons. The van der Waals surface area contributed by atoms with Crippen molar-refractivity contribution in [3.63, 3.8) is 0 Å². The van der Waals surface area contributed by atoms with Gasteiger partial charge < -0.3 is 9.84 Å². The Balaban J connectivity index is 1.67. The Hall–Kier alpha value is -3.07. The largest absolute Gasteiger partial charge is 0.508 e. The van der Waals surface area contributed by atoms with Gasteiger partial charge in [-0.2, -0.15) is 0 Å². The van der Waals surface area contributed by atoms with Crippen LogP contribution in [0.5, 0.6) is 11.5 Å². The Morgan fingerprint density at radius 1 is 0.903 bits per heavy atom. The third kappa shape index (κ3) is 5.97. The van der Waals surface area contributed by atoms with E-state index in [1.54, 1.807) is 6.07 Å². The number of aromatic hydroxyl groups is 1. The first-order valence-electron chi connectivity index (χ1n) is 10.8. The zero-order chi connectivity index (χ0) is 22.5. The van der Waals surface area contributed by atoms with Gasteiger partial charge in [-0.15, -0.1) is 0 Å². The molecule has 0 spiro atoms. The van der Waals surface area contributed by atoms with Crippen molar-refractivity contribution in [2.45, 2.75) is 53.4 Å². The highest BCUT2D eigenvalue weighted by atomic mass is 16.5. The molecule has 0 aromatic heterocycles. The Labute approximate surface area is 185 Å². The summed E-state index contributed by atoms with van der Waals surface area (Å²) in [6.45, 7) is 10.4. The van der Waals surface area contributed by atoms with Crippen molar-refractivity contribution in [2.75, 3.05) is 6.61 Å². The van der Waals surface area contributed by atoms with Crippen LogP contribution >= 0.6 is 0 Å². The number of carbonyl (C=O) groups is 1. The fourth-order valence-electron chi connectivity index (χ4n) is 3.84. The van der Waals surface area contributed by atoms with Gasteiger partial charge in [-0.3, -0.25) is 4.79 Å². The lowest BCUT2D eigenvalue weighted by atomic mass is 9.93. The first kappa shape index (κ1) is 22.6. The second-order valence-corrected chi connectivity index (χ2v) is 8.75. The van der Waals surface area contributed by atoms with Crippen LogP contribution in [0.4, 0.5) is 0 Å². The molecule has 0 atom stereocenters. The van der Waals surface area contributed by atoms with Gasteiger partial charge in [0.2, 0.25) is 0 Å². The van der Waals surface area contributed by atoms with E-state index in [0.717, 1.165) is 34.4 Å². The number of carbonyl (C=O) groups excluding carboxylic acids is 1. The minimum atomic E-state index is 0.0635. The topological polar surface area (TPSA) is 46.5 Å². The van der Waals surface area contributed by atoms with Crippen molar-refractivity contribution in [3.8, 4) is 11.5 Å². The van der Waals surface area contributed by atoms with Crippen LogP contribution in [-0.4, -0.2) is 17.5 Å². The highest BCUT2D eigenvalue weighted by Gasteiger charge is 2.12. The van der Waals surface area contributed by atoms with E-state index < -0.39 is 0 Å². The van der Waals surface area contributed by atoms with Crippen LogP contribution in [0, 0.1) is 20.8 Å². The van der Waals surface area contributed by atoms with Gasteiger partial charge >= 0.3 is 0 Å². The summed E-state index contributed by atoms with van der Waals surface area (Å²) < 4.78 is 5.81. The molecule has 31 heavy (non-hydrogen) atoms. The van der Waals surface area contributed by atoms with Crippen LogP contribution in [0.2, 0.25) is 0 Å². The molecular formula is C28H32O3. The molecule has 0 unspecified atom stereocenters. The van der Waals surface area contributed by atoms with Gasteiger partial charge in [-0.1, -0.05) is 55.8 Å². The highest BCUT2D eigenvalue weighted by molar-refractivity contribution is 5.82. The van der Waals surface area contributed by atoms with Gasteiger partial charge in [-0.05, 0) is 84.7 Å². The van der Waals surface area contributed by atoms with Gasteiger partial charge in [0.25, 0.3) is 0 Å². The van der Waals surface area contributed by atoms with E-state index >= 15 is 0 Å². The molecule has 3 nitrogen and oxygen atoms in total. The van der Waals surface area contributed by atoms with E-state index in [0.29, 0.717) is 12.2 Å². The second kappa shape index (κ2) is 9.82. The quantitative estimate of drug-likeness (QED) is 0.474. The molecule has 0 aliphatic carbocycles. The summed E-state index contributed by atoms with van der Waals surface area (Å²) in [5.41, 5.74) is 7.87. The molecule has 3 rings (SSSR count). The Kier molecular flexibility index (Phi) is 7.17. The minimum Gasteiger partial charge on any atom is -0.508 e. The molecule has 0 bridgehead atoms. The predicted octanol–water partition coefficient (Wildman–Crippen LogP) is 6.22. The summed E-state index contributed by atoms with van der Waals surface area (Å²) in [5.74, 6) is 1.42. The molecule has 0 aliphatic rings. The maximum atomic E-state index is 12.3. The van der Waals surface area contributed by atoms with Crippen LogP contribution in [0.1, 0.15) is 58.7 Å². The van der Waals surface area contributed by atoms with E-state index in [1.165, 1.54) is 16.7 Å². The zero-order valence-electron chi connectivity index (χ0n) is 19.2. The number of ketones is 1. The van der Waals surface area contributed by atoms with Gasteiger partial charge in [0.1, 0.15) is 18.1 Å². The minimum absolute atomic E-state index is 0.0635. The summed E-state index contributed by atoms with van der Waals surface area (Å²) in [6.07, 6.45) is 1.18. The van der Waals surface area contributed by atoms with Gasteiger partial charge in [0.15, 0.2) is 5.78 Å². The van der Waals surface area contributed by atoms with Crippen molar-refractivity contribution in [2.24, 2.45) is 0 Å². The van der Waals surface area contributed by atoms with Crippen molar-refractivity contribution in [1.29, 1.82) is 0 Å². The van der Waals surface area contributed by atoms with Crippen LogP contribution in [0.25, 0.3) is 0 Å². The van der Waals surface area contributed by atoms with E-state index in [4.69, 9.17) is 4.74 Å². The molecule has 0 fully saturated rings. The number of aryl methyl sites for hydroxylation is 3. The smallest absolute Gasteiger partial charge is 0.174 e. The summed E-state index contributed by atoms with van der Waals surface area (Å²) in [4.78, 5) is 12.3. The van der Waals surface area contributed by atoms with E-state index in [2.05, 4.69) is 33.8 Å².